The summed E-state index contributed by atoms with van der Waals surface area (Å²) in [7, 11) is 0. The van der Waals surface area contributed by atoms with E-state index in [-0.39, 0.29) is 0 Å². The van der Waals surface area contributed by atoms with Crippen molar-refractivity contribution in [3.8, 4) is 0 Å². The van der Waals surface area contributed by atoms with Gasteiger partial charge in [-0.25, -0.2) is 0 Å². The van der Waals surface area contributed by atoms with Gasteiger partial charge >= 0.3 is 0 Å². The molecule has 0 aliphatic heterocycles. The van der Waals surface area contributed by atoms with Crippen molar-refractivity contribution in [3.05, 3.63) is 38.8 Å². The van der Waals surface area contributed by atoms with E-state index >= 15 is 0 Å². The zero-order valence-corrected chi connectivity index (χ0v) is 12.8. The van der Waals surface area contributed by atoms with E-state index in [2.05, 4.69) is 52.2 Å². The second kappa shape index (κ2) is 5.71. The minimum atomic E-state index is 0.323. The fourth-order valence-electron chi connectivity index (χ4n) is 1.80. The van der Waals surface area contributed by atoms with Crippen LogP contribution < -0.4 is 11.1 Å². The molecule has 18 heavy (non-hydrogen) atoms. The van der Waals surface area contributed by atoms with Crippen LogP contribution in [0.1, 0.15) is 16.7 Å². The maximum absolute atomic E-state index is 5.91. The van der Waals surface area contributed by atoms with Gasteiger partial charge < -0.3 is 11.1 Å². The number of aryl methyl sites for hydroxylation is 1. The highest BCUT2D eigenvalue weighted by atomic mass is 79.9. The van der Waals surface area contributed by atoms with E-state index in [1.54, 1.807) is 12.4 Å². The summed E-state index contributed by atoms with van der Waals surface area (Å²) in [6.07, 6.45) is 4.41. The molecule has 3 N–H and O–H groups in total. The quantitative estimate of drug-likeness (QED) is 0.897. The van der Waals surface area contributed by atoms with Gasteiger partial charge in [-0.2, -0.15) is 0 Å². The van der Waals surface area contributed by atoms with Gasteiger partial charge in [-0.1, -0.05) is 0 Å². The predicted molar refractivity (Wildman–Crippen MR) is 82.2 cm³/mol. The summed E-state index contributed by atoms with van der Waals surface area (Å²) in [5.74, 6) is 0. The zero-order chi connectivity index (χ0) is 13.1. The van der Waals surface area contributed by atoms with Crippen molar-refractivity contribution in [2.45, 2.75) is 26.3 Å². The number of pyridine rings is 1. The summed E-state index contributed by atoms with van der Waals surface area (Å²) in [5, 5.41) is 3.43. The first-order chi connectivity index (χ1) is 8.56. The lowest BCUT2D eigenvalue weighted by molar-refractivity contribution is 0.800. The molecular formula is C13H16BrN3S. The van der Waals surface area contributed by atoms with Gasteiger partial charge in [0.1, 0.15) is 0 Å². The number of nitrogen functional groups attached to an aromatic ring is 1. The summed E-state index contributed by atoms with van der Waals surface area (Å²) >= 11 is 5.30. The van der Waals surface area contributed by atoms with Crippen molar-refractivity contribution < 1.29 is 0 Å². The van der Waals surface area contributed by atoms with Gasteiger partial charge in [-0.05, 0) is 41.9 Å². The van der Waals surface area contributed by atoms with Crippen LogP contribution in [-0.4, -0.2) is 11.0 Å². The van der Waals surface area contributed by atoms with Crippen molar-refractivity contribution in [1.82, 2.24) is 4.98 Å². The molecule has 5 heteroatoms. The van der Waals surface area contributed by atoms with Gasteiger partial charge in [-0.3, -0.25) is 4.98 Å². The number of hydrogen-bond acceptors (Lipinski definition) is 4. The molecule has 2 aromatic rings. The Labute approximate surface area is 120 Å². The highest BCUT2D eigenvalue weighted by Crippen LogP contribution is 2.28. The van der Waals surface area contributed by atoms with E-state index < -0.39 is 0 Å². The van der Waals surface area contributed by atoms with E-state index in [0.29, 0.717) is 11.7 Å². The lowest BCUT2D eigenvalue weighted by Crippen LogP contribution is -2.18. The molecule has 1 atom stereocenters. The van der Waals surface area contributed by atoms with Crippen LogP contribution in [0.4, 0.5) is 11.4 Å². The molecule has 2 heterocycles. The Morgan fingerprint density at radius 2 is 2.22 bits per heavy atom. The molecule has 0 bridgehead atoms. The third kappa shape index (κ3) is 3.23. The van der Waals surface area contributed by atoms with E-state index in [4.69, 9.17) is 5.73 Å². The first-order valence-electron chi connectivity index (χ1n) is 5.77. The van der Waals surface area contributed by atoms with Crippen molar-refractivity contribution in [1.29, 1.82) is 0 Å². The molecule has 2 rings (SSSR count). The summed E-state index contributed by atoms with van der Waals surface area (Å²) in [4.78, 5) is 6.76. The minimum absolute atomic E-state index is 0.323. The smallest absolute Gasteiger partial charge is 0.0752 e. The van der Waals surface area contributed by atoms with Gasteiger partial charge in [0.2, 0.25) is 0 Å². The molecule has 0 amide bonds. The van der Waals surface area contributed by atoms with Crippen LogP contribution in [0.3, 0.4) is 0 Å². The van der Waals surface area contributed by atoms with Gasteiger partial charge in [0.05, 0.1) is 22.0 Å². The molecule has 0 saturated heterocycles. The number of thiophene rings is 1. The third-order valence-corrected chi connectivity index (χ3v) is 4.25. The first kappa shape index (κ1) is 13.4. The number of hydrogen-bond donors (Lipinski definition) is 2. The molecule has 0 aliphatic rings. The molecule has 0 saturated carbocycles. The number of aromatic nitrogens is 1. The maximum Gasteiger partial charge on any atom is 0.0752 e. The van der Waals surface area contributed by atoms with E-state index in [9.17, 15) is 0 Å². The Hall–Kier alpha value is -1.07. The summed E-state index contributed by atoms with van der Waals surface area (Å²) in [6.45, 7) is 4.28. The number of halogens is 1. The predicted octanol–water partition coefficient (Wildman–Crippen LogP) is 3.84. The van der Waals surface area contributed by atoms with Gasteiger partial charge in [-0.15, -0.1) is 11.3 Å². The zero-order valence-electron chi connectivity index (χ0n) is 10.4. The van der Waals surface area contributed by atoms with Crippen molar-refractivity contribution in [2.75, 3.05) is 11.1 Å². The summed E-state index contributed by atoms with van der Waals surface area (Å²) in [5.41, 5.74) is 7.50. The minimum Gasteiger partial charge on any atom is -0.396 e. The standard InChI is InChI=1S/C13H16BrN3S/c1-8(5-10-4-3-9(2)18-10)17-13-11(14)6-16-7-12(13)15/h3-4,6-8H,5,15H2,1-2H3,(H,16,17). The molecule has 0 aliphatic carbocycles. The number of anilines is 2. The van der Waals surface area contributed by atoms with Crippen molar-refractivity contribution >= 4 is 38.6 Å². The SMILES string of the molecule is Cc1ccc(CC(C)Nc2c(N)cncc2Br)s1. The molecule has 3 nitrogen and oxygen atoms in total. The monoisotopic (exact) mass is 325 g/mol. The molecule has 0 fully saturated rings. The molecule has 2 aromatic heterocycles. The van der Waals surface area contributed by atoms with Crippen LogP contribution in [-0.2, 0) is 6.42 Å². The van der Waals surface area contributed by atoms with Gasteiger partial charge in [0, 0.05) is 28.4 Å². The highest BCUT2D eigenvalue weighted by molar-refractivity contribution is 9.10. The normalized spacial score (nSPS) is 12.4. The summed E-state index contributed by atoms with van der Waals surface area (Å²) < 4.78 is 0.900. The molecule has 0 aromatic carbocycles. The first-order valence-corrected chi connectivity index (χ1v) is 7.38. The van der Waals surface area contributed by atoms with Crippen LogP contribution in [0.2, 0.25) is 0 Å². The largest absolute Gasteiger partial charge is 0.396 e. The number of rotatable bonds is 4. The average Bonchev–Trinajstić information content (AvgIpc) is 2.69. The van der Waals surface area contributed by atoms with Crippen LogP contribution in [0.25, 0.3) is 0 Å². The van der Waals surface area contributed by atoms with Gasteiger partial charge in [0.15, 0.2) is 0 Å². The molecule has 96 valence electrons. The number of nitrogens with one attached hydrogen (secondary N) is 1. The number of nitrogens with zero attached hydrogens (tertiary/aromatic N) is 1. The molecular weight excluding hydrogens is 310 g/mol. The topological polar surface area (TPSA) is 50.9 Å². The number of nitrogens with two attached hydrogens (primary N) is 1. The van der Waals surface area contributed by atoms with Crippen LogP contribution in [0.5, 0.6) is 0 Å². The highest BCUT2D eigenvalue weighted by Gasteiger charge is 2.10. The Morgan fingerprint density at radius 3 is 2.83 bits per heavy atom. The average molecular weight is 326 g/mol. The Balaban J connectivity index is 2.05. The second-order valence-corrected chi connectivity index (χ2v) is 6.57. The van der Waals surface area contributed by atoms with E-state index in [1.165, 1.54) is 9.75 Å². The lowest BCUT2D eigenvalue weighted by atomic mass is 10.2. The molecule has 1 unspecified atom stereocenters. The fraction of sp³-hybridized carbons (Fsp3) is 0.308. The summed E-state index contributed by atoms with van der Waals surface area (Å²) in [6, 6.07) is 4.66. The van der Waals surface area contributed by atoms with Crippen LogP contribution in [0, 0.1) is 6.92 Å². The van der Waals surface area contributed by atoms with E-state index in [1.807, 2.05) is 11.3 Å². The van der Waals surface area contributed by atoms with Crippen LogP contribution in [0.15, 0.2) is 29.0 Å². The lowest BCUT2D eigenvalue weighted by Gasteiger charge is -2.17. The van der Waals surface area contributed by atoms with E-state index in [0.717, 1.165) is 16.6 Å². The third-order valence-electron chi connectivity index (χ3n) is 2.62. The Morgan fingerprint density at radius 1 is 1.44 bits per heavy atom. The van der Waals surface area contributed by atoms with Crippen molar-refractivity contribution in [3.63, 3.8) is 0 Å². The maximum atomic E-state index is 5.91. The van der Waals surface area contributed by atoms with Gasteiger partial charge in [0.25, 0.3) is 0 Å². The second-order valence-electron chi connectivity index (χ2n) is 4.35. The molecule has 0 radical (unpaired) electrons. The van der Waals surface area contributed by atoms with Crippen molar-refractivity contribution in [2.24, 2.45) is 0 Å². The Kier molecular flexibility index (Phi) is 4.24. The van der Waals surface area contributed by atoms with Crippen LogP contribution >= 0.6 is 27.3 Å². The Bertz CT molecular complexity index is 519. The fourth-order valence-corrected chi connectivity index (χ4v) is 3.28. The molecule has 0 spiro atoms.